The molecule has 3 nitrogen and oxygen atoms in total. The molecule has 0 heterocycles. The topological polar surface area (TPSA) is 44.5 Å². The third-order valence-electron chi connectivity index (χ3n) is 1.46. The summed E-state index contributed by atoms with van der Waals surface area (Å²) in [6, 6.07) is 0.171. The molecule has 0 amide bonds. The van der Waals surface area contributed by atoms with E-state index in [1.807, 2.05) is 6.92 Å². The van der Waals surface area contributed by atoms with Crippen molar-refractivity contribution in [2.45, 2.75) is 25.8 Å². The van der Waals surface area contributed by atoms with Crippen molar-refractivity contribution < 1.29 is 9.47 Å². The zero-order valence-electron chi connectivity index (χ0n) is 7.51. The van der Waals surface area contributed by atoms with Crippen LogP contribution in [-0.4, -0.2) is 33.0 Å². The second-order valence-electron chi connectivity index (χ2n) is 2.55. The lowest BCUT2D eigenvalue weighted by molar-refractivity contribution is 0.125. The van der Waals surface area contributed by atoms with E-state index in [-0.39, 0.29) is 6.04 Å². The van der Waals surface area contributed by atoms with Gasteiger partial charge in [-0.1, -0.05) is 0 Å². The number of rotatable bonds is 7. The minimum absolute atomic E-state index is 0.171. The second-order valence-corrected chi connectivity index (χ2v) is 2.55. The highest BCUT2D eigenvalue weighted by Gasteiger charge is 2.00. The van der Waals surface area contributed by atoms with Crippen LogP contribution >= 0.6 is 0 Å². The summed E-state index contributed by atoms with van der Waals surface area (Å²) in [6.07, 6.45) is 2.00. The van der Waals surface area contributed by atoms with Gasteiger partial charge in [-0.3, -0.25) is 0 Å². The van der Waals surface area contributed by atoms with Gasteiger partial charge in [-0.25, -0.2) is 0 Å². The maximum absolute atomic E-state index is 5.72. The molecule has 1 unspecified atom stereocenters. The van der Waals surface area contributed by atoms with Crippen LogP contribution < -0.4 is 5.73 Å². The molecule has 0 rings (SSSR count). The van der Waals surface area contributed by atoms with E-state index in [1.54, 1.807) is 7.11 Å². The Morgan fingerprint density at radius 3 is 2.73 bits per heavy atom. The maximum Gasteiger partial charge on any atom is 0.0617 e. The molecule has 11 heavy (non-hydrogen) atoms. The SMILES string of the molecule is CCOCC(N)CCCOC. The predicted octanol–water partition coefficient (Wildman–Crippen LogP) is 0.777. The Bertz CT molecular complexity index is 78.5. The molecule has 68 valence electrons. The Kier molecular flexibility index (Phi) is 7.89. The van der Waals surface area contributed by atoms with Gasteiger partial charge in [0.2, 0.25) is 0 Å². The van der Waals surface area contributed by atoms with E-state index in [0.717, 1.165) is 26.1 Å². The van der Waals surface area contributed by atoms with Crippen LogP contribution in [0.15, 0.2) is 0 Å². The molecule has 0 fully saturated rings. The molecular formula is C8H19NO2. The zero-order chi connectivity index (χ0) is 8.53. The van der Waals surface area contributed by atoms with Gasteiger partial charge in [0, 0.05) is 26.4 Å². The lowest BCUT2D eigenvalue weighted by atomic mass is 10.2. The van der Waals surface area contributed by atoms with Crippen LogP contribution in [0.25, 0.3) is 0 Å². The minimum Gasteiger partial charge on any atom is -0.385 e. The number of hydrogen-bond acceptors (Lipinski definition) is 3. The normalized spacial score (nSPS) is 13.4. The van der Waals surface area contributed by atoms with E-state index < -0.39 is 0 Å². The fraction of sp³-hybridized carbons (Fsp3) is 1.00. The lowest BCUT2D eigenvalue weighted by Crippen LogP contribution is -2.26. The highest BCUT2D eigenvalue weighted by molar-refractivity contribution is 4.58. The van der Waals surface area contributed by atoms with Gasteiger partial charge in [-0.15, -0.1) is 0 Å². The van der Waals surface area contributed by atoms with Gasteiger partial charge in [0.05, 0.1) is 6.61 Å². The van der Waals surface area contributed by atoms with E-state index in [9.17, 15) is 0 Å². The molecule has 0 aliphatic rings. The third kappa shape index (κ3) is 7.78. The molecule has 0 aromatic rings. The molecule has 3 heteroatoms. The van der Waals surface area contributed by atoms with Crippen molar-refractivity contribution in [3.05, 3.63) is 0 Å². The van der Waals surface area contributed by atoms with Crippen LogP contribution in [0.3, 0.4) is 0 Å². The molecule has 0 saturated heterocycles. The van der Waals surface area contributed by atoms with Crippen molar-refractivity contribution in [2.24, 2.45) is 5.73 Å². The number of ether oxygens (including phenoxy) is 2. The third-order valence-corrected chi connectivity index (χ3v) is 1.46. The first-order valence-corrected chi connectivity index (χ1v) is 4.13. The monoisotopic (exact) mass is 161 g/mol. The molecule has 0 spiro atoms. The quantitative estimate of drug-likeness (QED) is 0.561. The first kappa shape index (κ1) is 10.9. The molecule has 2 N–H and O–H groups in total. The Morgan fingerprint density at radius 2 is 2.18 bits per heavy atom. The molecule has 0 saturated carbocycles. The van der Waals surface area contributed by atoms with E-state index in [2.05, 4.69) is 0 Å². The molecular weight excluding hydrogens is 142 g/mol. The standard InChI is InChI=1S/C8H19NO2/c1-3-11-7-8(9)5-4-6-10-2/h8H,3-7,9H2,1-2H3. The van der Waals surface area contributed by atoms with Gasteiger partial charge in [-0.2, -0.15) is 0 Å². The zero-order valence-corrected chi connectivity index (χ0v) is 7.51. The van der Waals surface area contributed by atoms with Crippen LogP contribution in [0.1, 0.15) is 19.8 Å². The minimum atomic E-state index is 0.171. The van der Waals surface area contributed by atoms with Crippen LogP contribution in [0, 0.1) is 0 Å². The van der Waals surface area contributed by atoms with Crippen molar-refractivity contribution in [1.29, 1.82) is 0 Å². The predicted molar refractivity (Wildman–Crippen MR) is 45.6 cm³/mol. The Hall–Kier alpha value is -0.120. The van der Waals surface area contributed by atoms with Gasteiger partial charge in [-0.05, 0) is 19.8 Å². The van der Waals surface area contributed by atoms with Gasteiger partial charge in [0.25, 0.3) is 0 Å². The van der Waals surface area contributed by atoms with E-state index in [1.165, 1.54) is 0 Å². The summed E-state index contributed by atoms with van der Waals surface area (Å²) in [5.74, 6) is 0. The molecule has 0 aliphatic carbocycles. The number of nitrogens with two attached hydrogens (primary N) is 1. The molecule has 1 atom stereocenters. The molecule has 0 aromatic carbocycles. The fourth-order valence-electron chi connectivity index (χ4n) is 0.842. The summed E-state index contributed by atoms with van der Waals surface area (Å²) >= 11 is 0. The molecule has 0 aromatic heterocycles. The van der Waals surface area contributed by atoms with E-state index >= 15 is 0 Å². The van der Waals surface area contributed by atoms with Gasteiger partial charge < -0.3 is 15.2 Å². The van der Waals surface area contributed by atoms with E-state index in [0.29, 0.717) is 6.61 Å². The fourth-order valence-corrected chi connectivity index (χ4v) is 0.842. The Labute approximate surface area is 68.9 Å². The Balaban J connectivity index is 3.02. The summed E-state index contributed by atoms with van der Waals surface area (Å²) in [6.45, 7) is 4.18. The van der Waals surface area contributed by atoms with Gasteiger partial charge in [0.15, 0.2) is 0 Å². The molecule has 0 aliphatic heterocycles. The van der Waals surface area contributed by atoms with Crippen LogP contribution in [0.2, 0.25) is 0 Å². The van der Waals surface area contributed by atoms with Gasteiger partial charge in [0.1, 0.15) is 0 Å². The average molecular weight is 161 g/mol. The van der Waals surface area contributed by atoms with Crippen molar-refractivity contribution in [3.63, 3.8) is 0 Å². The van der Waals surface area contributed by atoms with Crippen molar-refractivity contribution >= 4 is 0 Å². The number of hydrogen-bond donors (Lipinski definition) is 1. The summed E-state index contributed by atoms with van der Waals surface area (Å²) in [5, 5.41) is 0. The smallest absolute Gasteiger partial charge is 0.0617 e. The summed E-state index contributed by atoms with van der Waals surface area (Å²) < 4.78 is 10.1. The lowest BCUT2D eigenvalue weighted by Gasteiger charge is -2.10. The number of methoxy groups -OCH3 is 1. The first-order valence-electron chi connectivity index (χ1n) is 4.13. The van der Waals surface area contributed by atoms with Crippen molar-refractivity contribution in [2.75, 3.05) is 26.9 Å². The average Bonchev–Trinajstić information content (AvgIpc) is 2.01. The Morgan fingerprint density at radius 1 is 1.45 bits per heavy atom. The van der Waals surface area contributed by atoms with Gasteiger partial charge >= 0.3 is 0 Å². The van der Waals surface area contributed by atoms with Crippen LogP contribution in [-0.2, 0) is 9.47 Å². The van der Waals surface area contributed by atoms with Crippen LogP contribution in [0.5, 0.6) is 0 Å². The summed E-state index contributed by atoms with van der Waals surface area (Å²) in [4.78, 5) is 0. The first-order chi connectivity index (χ1) is 5.31. The maximum atomic E-state index is 5.72. The highest BCUT2D eigenvalue weighted by Crippen LogP contribution is 1.95. The van der Waals surface area contributed by atoms with Crippen molar-refractivity contribution in [3.8, 4) is 0 Å². The van der Waals surface area contributed by atoms with E-state index in [4.69, 9.17) is 15.2 Å². The van der Waals surface area contributed by atoms with Crippen LogP contribution in [0.4, 0.5) is 0 Å². The molecule has 0 radical (unpaired) electrons. The highest BCUT2D eigenvalue weighted by atomic mass is 16.5. The second kappa shape index (κ2) is 7.98. The summed E-state index contributed by atoms with van der Waals surface area (Å²) in [5.41, 5.74) is 5.72. The van der Waals surface area contributed by atoms with Crippen molar-refractivity contribution in [1.82, 2.24) is 0 Å². The molecule has 0 bridgehead atoms. The largest absolute Gasteiger partial charge is 0.385 e. The summed E-state index contributed by atoms with van der Waals surface area (Å²) in [7, 11) is 1.70.